The van der Waals surface area contributed by atoms with Crippen molar-refractivity contribution in [3.05, 3.63) is 92.1 Å². The highest BCUT2D eigenvalue weighted by Gasteiger charge is 2.38. The third-order valence-electron chi connectivity index (χ3n) is 9.98. The number of rotatable bonds is 10. The molecule has 2 aliphatic carbocycles. The highest BCUT2D eigenvalue weighted by Crippen LogP contribution is 2.41. The first-order valence-electron chi connectivity index (χ1n) is 16.6. The Morgan fingerprint density at radius 2 is 1.67 bits per heavy atom. The van der Waals surface area contributed by atoms with Crippen molar-refractivity contribution in [2.45, 2.75) is 83.6 Å². The van der Waals surface area contributed by atoms with Crippen LogP contribution in [0.1, 0.15) is 86.9 Å². The summed E-state index contributed by atoms with van der Waals surface area (Å²) in [5.74, 6) is 2.19. The summed E-state index contributed by atoms with van der Waals surface area (Å²) >= 11 is 0. The van der Waals surface area contributed by atoms with Crippen molar-refractivity contribution < 1.29 is 9.32 Å². The molecule has 2 saturated carbocycles. The molecule has 0 bridgehead atoms. The lowest BCUT2D eigenvalue weighted by Crippen LogP contribution is -2.36. The third kappa shape index (κ3) is 6.17. The van der Waals surface area contributed by atoms with Crippen molar-refractivity contribution in [2.75, 3.05) is 13.1 Å². The van der Waals surface area contributed by atoms with Gasteiger partial charge in [0.05, 0.1) is 18.7 Å². The van der Waals surface area contributed by atoms with E-state index < -0.39 is 5.76 Å². The smallest absolute Gasteiger partial charge is 0.342 e. The predicted octanol–water partition coefficient (Wildman–Crippen LogP) is 5.71. The van der Waals surface area contributed by atoms with E-state index in [9.17, 15) is 14.4 Å². The minimum atomic E-state index is -0.597. The standard InChI is InChI=1S/C36H41N5O4/c1-2-3-12-31-37-33(25-17-18-25)30(19-32(42)40-21-26-8-4-5-9-27(26)22-40)35(43)41(31)20-23-13-15-24(16-14-23)28-10-6-7-11-29(28)34-38-36(44)45-39-34/h6-7,10-11,13-16,25-27H,2-5,8-9,12,17-22H2,1H3,(H,38,39,44). The lowest BCUT2D eigenvalue weighted by atomic mass is 9.82. The summed E-state index contributed by atoms with van der Waals surface area (Å²) in [7, 11) is 0. The lowest BCUT2D eigenvalue weighted by molar-refractivity contribution is -0.129. The van der Waals surface area contributed by atoms with Gasteiger partial charge in [-0.15, -0.1) is 0 Å². The van der Waals surface area contributed by atoms with Crippen LogP contribution >= 0.6 is 0 Å². The number of likely N-dealkylation sites (tertiary alicyclic amines) is 1. The maximum Gasteiger partial charge on any atom is 0.439 e. The molecular formula is C36H41N5O4. The summed E-state index contributed by atoms with van der Waals surface area (Å²) in [5, 5.41) is 3.87. The number of amides is 1. The molecule has 1 N–H and O–H groups in total. The molecule has 1 aliphatic heterocycles. The Labute approximate surface area is 262 Å². The first kappa shape index (κ1) is 29.4. The van der Waals surface area contributed by atoms with Crippen molar-refractivity contribution in [1.82, 2.24) is 24.6 Å². The molecule has 0 radical (unpaired) electrons. The van der Waals surface area contributed by atoms with Crippen LogP contribution in [0.2, 0.25) is 0 Å². The van der Waals surface area contributed by atoms with Crippen LogP contribution in [0.3, 0.4) is 0 Å². The van der Waals surface area contributed by atoms with Crippen LogP contribution in [0.4, 0.5) is 0 Å². The van der Waals surface area contributed by atoms with Crippen LogP contribution in [0, 0.1) is 11.8 Å². The molecule has 1 amide bonds. The molecule has 2 unspecified atom stereocenters. The molecular weight excluding hydrogens is 566 g/mol. The van der Waals surface area contributed by atoms with Crippen LogP contribution in [0.5, 0.6) is 0 Å². The molecule has 9 nitrogen and oxygen atoms in total. The van der Waals surface area contributed by atoms with Crippen molar-refractivity contribution in [1.29, 1.82) is 0 Å². The topological polar surface area (TPSA) is 114 Å². The summed E-state index contributed by atoms with van der Waals surface area (Å²) in [4.78, 5) is 49.3. The van der Waals surface area contributed by atoms with Crippen molar-refractivity contribution in [2.24, 2.45) is 11.8 Å². The first-order valence-corrected chi connectivity index (χ1v) is 16.6. The van der Waals surface area contributed by atoms with E-state index >= 15 is 0 Å². The summed E-state index contributed by atoms with van der Waals surface area (Å²) in [6.07, 6.45) is 9.86. The van der Waals surface area contributed by atoms with Crippen LogP contribution in [0.25, 0.3) is 22.5 Å². The third-order valence-corrected chi connectivity index (χ3v) is 9.98. The van der Waals surface area contributed by atoms with Gasteiger partial charge >= 0.3 is 5.76 Å². The average Bonchev–Trinajstić information content (AvgIpc) is 3.66. The van der Waals surface area contributed by atoms with Gasteiger partial charge < -0.3 is 4.90 Å². The number of unbranched alkanes of at least 4 members (excludes halogenated alkanes) is 1. The Hall–Kier alpha value is -4.27. The molecule has 2 aromatic heterocycles. The highest BCUT2D eigenvalue weighted by molar-refractivity contribution is 5.80. The first-order chi connectivity index (χ1) is 22.0. The number of carbonyl (C=O) groups excluding carboxylic acids is 1. The van der Waals surface area contributed by atoms with E-state index in [0.29, 0.717) is 29.8 Å². The Morgan fingerprint density at radius 3 is 2.31 bits per heavy atom. The zero-order valence-corrected chi connectivity index (χ0v) is 26.0. The van der Waals surface area contributed by atoms with E-state index in [1.165, 1.54) is 25.7 Å². The molecule has 3 aliphatic rings. The number of H-pyrrole nitrogens is 1. The molecule has 45 heavy (non-hydrogen) atoms. The van der Waals surface area contributed by atoms with Gasteiger partial charge in [0.2, 0.25) is 5.91 Å². The van der Waals surface area contributed by atoms with Gasteiger partial charge in [0.25, 0.3) is 5.56 Å². The second kappa shape index (κ2) is 12.6. The van der Waals surface area contributed by atoms with Gasteiger partial charge in [0, 0.05) is 36.6 Å². The molecule has 4 aromatic rings. The highest BCUT2D eigenvalue weighted by atomic mass is 16.5. The summed E-state index contributed by atoms with van der Waals surface area (Å²) < 4.78 is 6.55. The van der Waals surface area contributed by atoms with Crippen molar-refractivity contribution in [3.8, 4) is 22.5 Å². The van der Waals surface area contributed by atoms with E-state index in [1.54, 1.807) is 0 Å². The number of hydrogen-bond acceptors (Lipinski definition) is 6. The fourth-order valence-electron chi connectivity index (χ4n) is 7.34. The van der Waals surface area contributed by atoms with Gasteiger partial charge in [0.15, 0.2) is 5.82 Å². The van der Waals surface area contributed by atoms with Gasteiger partial charge in [-0.3, -0.25) is 23.7 Å². The maximum atomic E-state index is 14.3. The van der Waals surface area contributed by atoms with E-state index in [0.717, 1.165) is 79.0 Å². The Morgan fingerprint density at radius 1 is 0.956 bits per heavy atom. The van der Waals surface area contributed by atoms with Crippen LogP contribution in [0.15, 0.2) is 62.6 Å². The van der Waals surface area contributed by atoms with Crippen molar-refractivity contribution in [3.63, 3.8) is 0 Å². The normalized spacial score (nSPS) is 19.5. The summed E-state index contributed by atoms with van der Waals surface area (Å²) in [6, 6.07) is 15.8. The minimum absolute atomic E-state index is 0.0626. The SMILES string of the molecule is CCCCc1nc(C2CC2)c(CC(=O)N2CC3CCCCC3C2)c(=O)n1Cc1ccc(-c2ccccc2-c2noc(=O)[nH]2)cc1. The summed E-state index contributed by atoms with van der Waals surface area (Å²) in [6.45, 7) is 4.21. The number of benzene rings is 2. The number of aryl methyl sites for hydroxylation is 1. The maximum absolute atomic E-state index is 14.3. The fraction of sp³-hybridized carbons (Fsp3) is 0.472. The predicted molar refractivity (Wildman–Crippen MR) is 172 cm³/mol. The zero-order valence-electron chi connectivity index (χ0n) is 26.0. The molecule has 7 rings (SSSR count). The van der Waals surface area contributed by atoms with Gasteiger partial charge in [-0.05, 0) is 60.6 Å². The zero-order chi connectivity index (χ0) is 30.9. The molecule has 2 atom stereocenters. The molecule has 9 heteroatoms. The van der Waals surface area contributed by atoms with Crippen LogP contribution in [-0.4, -0.2) is 43.6 Å². The van der Waals surface area contributed by atoms with Gasteiger partial charge in [-0.2, -0.15) is 0 Å². The number of carbonyl (C=O) groups is 1. The number of aromatic amines is 1. The summed E-state index contributed by atoms with van der Waals surface area (Å²) in [5.41, 5.74) is 5.01. The van der Waals surface area contributed by atoms with Crippen molar-refractivity contribution >= 4 is 5.91 Å². The molecule has 1 saturated heterocycles. The molecule has 2 aromatic carbocycles. The quantitative estimate of drug-likeness (QED) is 0.247. The fourth-order valence-corrected chi connectivity index (χ4v) is 7.34. The molecule has 3 heterocycles. The largest absolute Gasteiger partial charge is 0.439 e. The second-order valence-corrected chi connectivity index (χ2v) is 13.1. The number of nitrogens with zero attached hydrogens (tertiary/aromatic N) is 4. The van der Waals surface area contributed by atoms with E-state index in [4.69, 9.17) is 9.51 Å². The van der Waals surface area contributed by atoms with Gasteiger partial charge in [-0.25, -0.2) is 9.78 Å². The van der Waals surface area contributed by atoms with E-state index in [1.807, 2.05) is 58.0 Å². The minimum Gasteiger partial charge on any atom is -0.342 e. The molecule has 234 valence electrons. The van der Waals surface area contributed by atoms with Crippen LogP contribution < -0.4 is 11.3 Å². The van der Waals surface area contributed by atoms with E-state index in [2.05, 4.69) is 17.1 Å². The second-order valence-electron chi connectivity index (χ2n) is 13.1. The number of fused-ring (bicyclic) bond motifs is 1. The van der Waals surface area contributed by atoms with Crippen LogP contribution in [-0.2, 0) is 24.2 Å². The Balaban J connectivity index is 1.18. The number of hydrogen-bond donors (Lipinski definition) is 1. The molecule has 0 spiro atoms. The van der Waals surface area contributed by atoms with Gasteiger partial charge in [0.1, 0.15) is 5.82 Å². The van der Waals surface area contributed by atoms with Gasteiger partial charge in [-0.1, -0.05) is 79.9 Å². The monoisotopic (exact) mass is 607 g/mol. The van der Waals surface area contributed by atoms with E-state index in [-0.39, 0.29) is 23.8 Å². The lowest BCUT2D eigenvalue weighted by Gasteiger charge is -2.22. The molecule has 3 fully saturated rings. The number of nitrogens with one attached hydrogen (secondary N) is 1. The Kier molecular flexibility index (Phi) is 8.25. The Bertz CT molecular complexity index is 1790. The number of aromatic nitrogens is 4. The average molecular weight is 608 g/mol.